The van der Waals surface area contributed by atoms with E-state index in [1.807, 2.05) is 57.2 Å². The van der Waals surface area contributed by atoms with Gasteiger partial charge in [-0.1, -0.05) is 45.0 Å². The summed E-state index contributed by atoms with van der Waals surface area (Å²) in [4.78, 5) is 42.3. The standard InChI is InChI=1S/C37H46N4O7/c1-6-47-36(44)40-39-33(28-13-14-32(27-10-8-7-9-26(27)28)48-20-17-41-15-18-46-19-16-41)35(43)38-30-23-25(37(2,3)4)22-29(34(30)45-5)31(42)21-24-11-12-24/h7-10,13-14,22-24H,6,11-12,15-21H2,1-5H3,(H,38,43)(H,40,44). The van der Waals surface area contributed by atoms with E-state index in [4.69, 9.17) is 18.9 Å². The Morgan fingerprint density at radius 2 is 1.73 bits per heavy atom. The number of fused-ring (bicyclic) bond motifs is 1. The van der Waals surface area contributed by atoms with Gasteiger partial charge < -0.3 is 24.3 Å². The number of nitrogens with zero attached hydrogens (tertiary/aromatic N) is 2. The zero-order valence-electron chi connectivity index (χ0n) is 28.5. The molecule has 5 rings (SSSR count). The zero-order valence-corrected chi connectivity index (χ0v) is 28.5. The number of hydrogen-bond acceptors (Lipinski definition) is 9. The van der Waals surface area contributed by atoms with Gasteiger partial charge in [-0.15, -0.1) is 0 Å². The molecule has 3 aromatic carbocycles. The highest BCUT2D eigenvalue weighted by Crippen LogP contribution is 2.39. The van der Waals surface area contributed by atoms with Gasteiger partial charge in [-0.05, 0) is 66.3 Å². The van der Waals surface area contributed by atoms with Crippen LogP contribution in [0.25, 0.3) is 10.8 Å². The largest absolute Gasteiger partial charge is 0.494 e. The Balaban J connectivity index is 1.50. The first kappa shape index (κ1) is 34.8. The number of morpholine rings is 1. The number of hydrazone groups is 1. The van der Waals surface area contributed by atoms with Crippen LogP contribution in [0.5, 0.6) is 11.5 Å². The van der Waals surface area contributed by atoms with E-state index >= 15 is 0 Å². The number of carbonyl (C=O) groups is 3. The molecule has 2 aliphatic rings. The second-order valence-electron chi connectivity index (χ2n) is 13.1. The molecule has 0 radical (unpaired) electrons. The van der Waals surface area contributed by atoms with Gasteiger partial charge in [0.15, 0.2) is 17.2 Å². The molecule has 0 spiro atoms. The van der Waals surface area contributed by atoms with Crippen molar-refractivity contribution in [2.45, 2.75) is 52.4 Å². The Labute approximate surface area is 281 Å². The van der Waals surface area contributed by atoms with Crippen molar-refractivity contribution in [1.29, 1.82) is 0 Å². The Morgan fingerprint density at radius 3 is 2.40 bits per heavy atom. The Hall–Kier alpha value is -4.48. The fourth-order valence-corrected chi connectivity index (χ4v) is 5.67. The van der Waals surface area contributed by atoms with E-state index in [0.717, 1.165) is 43.4 Å². The fraction of sp³-hybridized carbons (Fsp3) is 0.459. The first-order valence-corrected chi connectivity index (χ1v) is 16.6. The molecule has 1 saturated carbocycles. The van der Waals surface area contributed by atoms with Gasteiger partial charge in [-0.25, -0.2) is 10.2 Å². The number of benzene rings is 3. The van der Waals surface area contributed by atoms with E-state index in [2.05, 4.69) is 20.7 Å². The smallest absolute Gasteiger partial charge is 0.427 e. The van der Waals surface area contributed by atoms with E-state index in [1.54, 1.807) is 19.1 Å². The van der Waals surface area contributed by atoms with Gasteiger partial charge in [0.2, 0.25) is 0 Å². The van der Waals surface area contributed by atoms with Gasteiger partial charge in [0.1, 0.15) is 12.4 Å². The summed E-state index contributed by atoms with van der Waals surface area (Å²) in [5.41, 5.74) is 4.07. The maximum Gasteiger partial charge on any atom is 0.427 e. The number of ether oxygens (including phenoxy) is 4. The number of anilines is 1. The normalized spacial score (nSPS) is 15.6. The third-order valence-corrected chi connectivity index (χ3v) is 8.54. The molecule has 2 N–H and O–H groups in total. The minimum atomic E-state index is -0.796. The minimum absolute atomic E-state index is 0.0241. The molecule has 48 heavy (non-hydrogen) atoms. The molecule has 11 nitrogen and oxygen atoms in total. The molecule has 2 amide bonds. The Morgan fingerprint density at radius 1 is 1.00 bits per heavy atom. The lowest BCUT2D eigenvalue weighted by Crippen LogP contribution is -2.38. The van der Waals surface area contributed by atoms with Crippen LogP contribution in [0.4, 0.5) is 10.5 Å². The highest BCUT2D eigenvalue weighted by atomic mass is 16.5. The first-order valence-electron chi connectivity index (χ1n) is 16.6. The van der Waals surface area contributed by atoms with Crippen molar-refractivity contribution in [2.24, 2.45) is 11.0 Å². The summed E-state index contributed by atoms with van der Waals surface area (Å²) in [6.07, 6.45) is 1.71. The van der Waals surface area contributed by atoms with Gasteiger partial charge >= 0.3 is 6.09 Å². The number of methoxy groups -OCH3 is 1. The van der Waals surface area contributed by atoms with Crippen molar-refractivity contribution in [2.75, 3.05) is 58.5 Å². The molecule has 0 aromatic heterocycles. The third-order valence-electron chi connectivity index (χ3n) is 8.54. The molecule has 2 fully saturated rings. The number of ketones is 1. The van der Waals surface area contributed by atoms with E-state index in [0.29, 0.717) is 60.1 Å². The predicted octanol–water partition coefficient (Wildman–Crippen LogP) is 5.93. The Kier molecular flexibility index (Phi) is 11.3. The van der Waals surface area contributed by atoms with Crippen molar-refractivity contribution in [1.82, 2.24) is 10.3 Å². The van der Waals surface area contributed by atoms with Crippen molar-refractivity contribution in [3.05, 3.63) is 65.2 Å². The summed E-state index contributed by atoms with van der Waals surface area (Å²) in [6, 6.07) is 14.8. The predicted molar refractivity (Wildman–Crippen MR) is 185 cm³/mol. The van der Waals surface area contributed by atoms with E-state index < -0.39 is 12.0 Å². The number of carbonyl (C=O) groups excluding carboxylic acids is 3. The van der Waals surface area contributed by atoms with E-state index in [9.17, 15) is 14.4 Å². The van der Waals surface area contributed by atoms with Crippen LogP contribution in [-0.4, -0.2) is 81.6 Å². The van der Waals surface area contributed by atoms with Crippen LogP contribution in [0.2, 0.25) is 0 Å². The summed E-state index contributed by atoms with van der Waals surface area (Å²) >= 11 is 0. The average Bonchev–Trinajstić information content (AvgIpc) is 3.89. The highest BCUT2D eigenvalue weighted by Gasteiger charge is 2.30. The second kappa shape index (κ2) is 15.6. The summed E-state index contributed by atoms with van der Waals surface area (Å²) in [5.74, 6) is 0.699. The van der Waals surface area contributed by atoms with Crippen LogP contribution in [0, 0.1) is 5.92 Å². The van der Waals surface area contributed by atoms with Crippen LogP contribution in [-0.2, 0) is 19.7 Å². The monoisotopic (exact) mass is 658 g/mol. The average molecular weight is 659 g/mol. The van der Waals surface area contributed by atoms with Gasteiger partial charge in [-0.3, -0.25) is 14.5 Å². The maximum atomic E-state index is 14.2. The molecule has 256 valence electrons. The number of hydrogen-bond donors (Lipinski definition) is 2. The summed E-state index contributed by atoms with van der Waals surface area (Å²) in [5, 5.41) is 8.70. The van der Waals surface area contributed by atoms with Gasteiger partial charge in [-0.2, -0.15) is 5.10 Å². The molecule has 0 unspecified atom stereocenters. The number of rotatable bonds is 13. The topological polar surface area (TPSA) is 128 Å². The molecule has 11 heteroatoms. The number of nitrogens with one attached hydrogen (secondary N) is 2. The van der Waals surface area contributed by atoms with Gasteiger partial charge in [0, 0.05) is 37.0 Å². The zero-order chi connectivity index (χ0) is 34.3. The molecular formula is C37H46N4O7. The molecule has 0 atom stereocenters. The number of amides is 2. The second-order valence-corrected chi connectivity index (χ2v) is 13.1. The van der Waals surface area contributed by atoms with E-state index in [-0.39, 0.29) is 29.3 Å². The molecule has 1 aliphatic carbocycles. The van der Waals surface area contributed by atoms with Gasteiger partial charge in [0.05, 0.1) is 38.2 Å². The maximum absolute atomic E-state index is 14.2. The quantitative estimate of drug-likeness (QED) is 0.132. The summed E-state index contributed by atoms with van der Waals surface area (Å²) < 4.78 is 22.4. The van der Waals surface area contributed by atoms with E-state index in [1.165, 1.54) is 7.11 Å². The molecule has 0 bridgehead atoms. The SMILES string of the molecule is CCOC(=O)NN=C(C(=O)Nc1cc(C(C)(C)C)cc(C(=O)CC2CC2)c1OC)c1ccc(OCCN2CCOCC2)c2ccccc12. The fourth-order valence-electron chi connectivity index (χ4n) is 5.67. The highest BCUT2D eigenvalue weighted by molar-refractivity contribution is 6.50. The lowest BCUT2D eigenvalue weighted by molar-refractivity contribution is -0.110. The summed E-state index contributed by atoms with van der Waals surface area (Å²) in [7, 11) is 1.48. The molecule has 3 aromatic rings. The minimum Gasteiger partial charge on any atom is -0.494 e. The summed E-state index contributed by atoms with van der Waals surface area (Å²) in [6.45, 7) is 12.4. The van der Waals surface area contributed by atoms with Crippen LogP contribution >= 0.6 is 0 Å². The van der Waals surface area contributed by atoms with Crippen LogP contribution in [0.15, 0.2) is 53.6 Å². The van der Waals surface area contributed by atoms with Crippen molar-refractivity contribution in [3.63, 3.8) is 0 Å². The van der Waals surface area contributed by atoms with Gasteiger partial charge in [0.25, 0.3) is 5.91 Å². The van der Waals surface area contributed by atoms with Crippen molar-refractivity contribution in [3.8, 4) is 11.5 Å². The number of Topliss-reactive ketones (excluding diaryl/α,β-unsaturated/α-hetero) is 1. The first-order chi connectivity index (χ1) is 23.1. The van der Waals surface area contributed by atoms with Crippen molar-refractivity contribution >= 4 is 40.0 Å². The van der Waals surface area contributed by atoms with Crippen LogP contribution < -0.4 is 20.2 Å². The molecular weight excluding hydrogens is 612 g/mol. The third kappa shape index (κ3) is 8.70. The Bertz CT molecular complexity index is 1670. The lowest BCUT2D eigenvalue weighted by Gasteiger charge is -2.26. The van der Waals surface area contributed by atoms with Crippen LogP contribution in [0.3, 0.4) is 0 Å². The molecule has 1 heterocycles. The van der Waals surface area contributed by atoms with Crippen LogP contribution in [0.1, 0.15) is 68.4 Å². The lowest BCUT2D eigenvalue weighted by atomic mass is 9.84. The molecule has 1 aliphatic heterocycles. The van der Waals surface area contributed by atoms with Crippen molar-refractivity contribution < 1.29 is 33.3 Å². The molecule has 1 saturated heterocycles.